The summed E-state index contributed by atoms with van der Waals surface area (Å²) in [6, 6.07) is 5.58. The van der Waals surface area contributed by atoms with Crippen LogP contribution in [0.25, 0.3) is 6.08 Å². The second-order valence-corrected chi connectivity index (χ2v) is 4.04. The van der Waals surface area contributed by atoms with Crippen molar-refractivity contribution >= 4 is 38.8 Å². The van der Waals surface area contributed by atoms with Crippen molar-refractivity contribution in [1.29, 1.82) is 0 Å². The highest BCUT2D eigenvalue weighted by Gasteiger charge is 2.01. The molecule has 0 fully saturated rings. The summed E-state index contributed by atoms with van der Waals surface area (Å²) < 4.78 is 6.32. The molecule has 0 aliphatic heterocycles. The van der Waals surface area contributed by atoms with E-state index in [0.717, 1.165) is 15.8 Å². The lowest BCUT2D eigenvalue weighted by Crippen LogP contribution is -1.93. The van der Waals surface area contributed by atoms with Crippen molar-refractivity contribution in [3.8, 4) is 5.75 Å². The van der Waals surface area contributed by atoms with Gasteiger partial charge in [-0.1, -0.05) is 15.9 Å². The summed E-state index contributed by atoms with van der Waals surface area (Å²) in [6.45, 7) is 2.49. The molecule has 0 unspecified atom stereocenters. The van der Waals surface area contributed by atoms with Gasteiger partial charge < -0.3 is 4.74 Å². The molecule has 2 nitrogen and oxygen atoms in total. The molecule has 0 heterocycles. The maximum absolute atomic E-state index is 10.6. The third-order valence-corrected chi connectivity index (χ3v) is 2.28. The molecule has 0 atom stereocenters. The summed E-state index contributed by atoms with van der Waals surface area (Å²) >= 11 is 8.57. The molecule has 0 aliphatic carbocycles. The van der Waals surface area contributed by atoms with Gasteiger partial charge in [0.2, 0.25) is 5.24 Å². The number of halogens is 2. The molecular formula is C11H10BrClO2. The van der Waals surface area contributed by atoms with Crippen LogP contribution in [0.4, 0.5) is 0 Å². The minimum atomic E-state index is -0.502. The fourth-order valence-electron chi connectivity index (χ4n) is 1.09. The monoisotopic (exact) mass is 288 g/mol. The highest BCUT2D eigenvalue weighted by molar-refractivity contribution is 9.10. The van der Waals surface area contributed by atoms with Crippen molar-refractivity contribution in [2.45, 2.75) is 6.92 Å². The molecule has 0 saturated carbocycles. The van der Waals surface area contributed by atoms with E-state index in [0.29, 0.717) is 6.61 Å². The zero-order chi connectivity index (χ0) is 11.3. The Balaban J connectivity index is 3.01. The van der Waals surface area contributed by atoms with E-state index in [1.54, 1.807) is 6.08 Å². The summed E-state index contributed by atoms with van der Waals surface area (Å²) in [5.74, 6) is 0.731. The molecule has 0 N–H and O–H groups in total. The van der Waals surface area contributed by atoms with E-state index in [1.807, 2.05) is 25.1 Å². The Hall–Kier alpha value is -0.800. The third kappa shape index (κ3) is 4.06. The van der Waals surface area contributed by atoms with Gasteiger partial charge in [0, 0.05) is 10.0 Å². The first-order chi connectivity index (χ1) is 7.13. The second-order valence-electron chi connectivity index (χ2n) is 2.75. The van der Waals surface area contributed by atoms with Crippen LogP contribution in [0.3, 0.4) is 0 Å². The van der Waals surface area contributed by atoms with Crippen molar-refractivity contribution < 1.29 is 9.53 Å². The molecule has 0 bridgehead atoms. The molecule has 15 heavy (non-hydrogen) atoms. The van der Waals surface area contributed by atoms with Crippen LogP contribution < -0.4 is 4.74 Å². The lowest BCUT2D eigenvalue weighted by molar-refractivity contribution is -0.107. The van der Waals surface area contributed by atoms with Gasteiger partial charge >= 0.3 is 0 Å². The smallest absolute Gasteiger partial charge is 0.245 e. The van der Waals surface area contributed by atoms with Gasteiger partial charge in [0.1, 0.15) is 5.75 Å². The number of hydrogen-bond acceptors (Lipinski definition) is 2. The Morgan fingerprint density at radius 1 is 1.60 bits per heavy atom. The predicted octanol–water partition coefficient (Wildman–Crippen LogP) is 3.63. The van der Waals surface area contributed by atoms with Crippen LogP contribution in [-0.4, -0.2) is 11.8 Å². The van der Waals surface area contributed by atoms with Gasteiger partial charge in [-0.2, -0.15) is 0 Å². The normalized spacial score (nSPS) is 10.6. The maximum atomic E-state index is 10.6. The van der Waals surface area contributed by atoms with Crippen molar-refractivity contribution in [3.05, 3.63) is 34.3 Å². The van der Waals surface area contributed by atoms with Gasteiger partial charge in [-0.15, -0.1) is 0 Å². The van der Waals surface area contributed by atoms with Crippen LogP contribution >= 0.6 is 27.5 Å². The Morgan fingerprint density at radius 2 is 2.33 bits per heavy atom. The molecule has 0 amide bonds. The molecule has 0 aromatic heterocycles. The first-order valence-electron chi connectivity index (χ1n) is 4.43. The Kier molecular flexibility index (Phi) is 4.85. The topological polar surface area (TPSA) is 26.3 Å². The lowest BCUT2D eigenvalue weighted by Gasteiger charge is -2.06. The highest BCUT2D eigenvalue weighted by Crippen LogP contribution is 2.24. The van der Waals surface area contributed by atoms with Gasteiger partial charge in [0.25, 0.3) is 0 Å². The Bertz CT molecular complexity index is 388. The molecule has 1 aromatic carbocycles. The van der Waals surface area contributed by atoms with Crippen LogP contribution in [0.2, 0.25) is 0 Å². The highest BCUT2D eigenvalue weighted by atomic mass is 79.9. The number of hydrogen-bond donors (Lipinski definition) is 0. The van der Waals surface area contributed by atoms with Gasteiger partial charge in [-0.3, -0.25) is 4.79 Å². The number of carbonyl (C=O) groups is 1. The fourth-order valence-corrected chi connectivity index (χ4v) is 1.53. The zero-order valence-electron chi connectivity index (χ0n) is 8.17. The van der Waals surface area contributed by atoms with Crippen molar-refractivity contribution in [1.82, 2.24) is 0 Å². The average Bonchev–Trinajstić information content (AvgIpc) is 2.18. The van der Waals surface area contributed by atoms with E-state index in [2.05, 4.69) is 15.9 Å². The van der Waals surface area contributed by atoms with Crippen LogP contribution in [-0.2, 0) is 4.79 Å². The minimum Gasteiger partial charge on any atom is -0.493 e. The fraction of sp³-hybridized carbons (Fsp3) is 0.182. The van der Waals surface area contributed by atoms with E-state index in [4.69, 9.17) is 16.3 Å². The minimum absolute atomic E-state index is 0.502. The summed E-state index contributed by atoms with van der Waals surface area (Å²) in [5.41, 5.74) is 0.820. The summed E-state index contributed by atoms with van der Waals surface area (Å²) in [6.07, 6.45) is 2.93. The quantitative estimate of drug-likeness (QED) is 0.625. The van der Waals surface area contributed by atoms with Crippen molar-refractivity contribution in [3.63, 3.8) is 0 Å². The van der Waals surface area contributed by atoms with Crippen LogP contribution in [0.1, 0.15) is 12.5 Å². The first-order valence-corrected chi connectivity index (χ1v) is 5.60. The molecule has 0 aliphatic rings. The van der Waals surface area contributed by atoms with E-state index >= 15 is 0 Å². The number of ether oxygens (including phenoxy) is 1. The van der Waals surface area contributed by atoms with Gasteiger partial charge in [-0.05, 0) is 48.9 Å². The summed E-state index contributed by atoms with van der Waals surface area (Å²) in [5, 5.41) is -0.502. The molecule has 1 aromatic rings. The third-order valence-electron chi connectivity index (χ3n) is 1.67. The Morgan fingerprint density at radius 3 is 2.93 bits per heavy atom. The van der Waals surface area contributed by atoms with Crippen LogP contribution in [0.5, 0.6) is 5.75 Å². The molecule has 4 heteroatoms. The number of benzene rings is 1. The average molecular weight is 290 g/mol. The molecule has 0 spiro atoms. The van der Waals surface area contributed by atoms with Crippen LogP contribution in [0.15, 0.2) is 28.7 Å². The predicted molar refractivity (Wildman–Crippen MR) is 65.2 cm³/mol. The summed E-state index contributed by atoms with van der Waals surface area (Å²) in [4.78, 5) is 10.6. The zero-order valence-corrected chi connectivity index (χ0v) is 10.5. The summed E-state index contributed by atoms with van der Waals surface area (Å²) in [7, 11) is 0. The van der Waals surface area contributed by atoms with Crippen LogP contribution in [0, 0.1) is 0 Å². The van der Waals surface area contributed by atoms with E-state index in [9.17, 15) is 4.79 Å². The van der Waals surface area contributed by atoms with Crippen molar-refractivity contribution in [2.75, 3.05) is 6.61 Å². The second kappa shape index (κ2) is 5.93. The van der Waals surface area contributed by atoms with Gasteiger partial charge in [0.05, 0.1) is 6.61 Å². The first kappa shape index (κ1) is 12.3. The molecule has 0 radical (unpaired) electrons. The van der Waals surface area contributed by atoms with Gasteiger partial charge in [-0.25, -0.2) is 0 Å². The largest absolute Gasteiger partial charge is 0.493 e. The number of carbonyl (C=O) groups excluding carboxylic acids is 1. The van der Waals surface area contributed by atoms with E-state index in [-0.39, 0.29) is 0 Å². The molecular weight excluding hydrogens is 279 g/mol. The van der Waals surface area contributed by atoms with E-state index < -0.39 is 5.24 Å². The Labute approximate surface area is 102 Å². The van der Waals surface area contributed by atoms with E-state index in [1.165, 1.54) is 6.08 Å². The standard InChI is InChI=1S/C11H10BrClO2/c1-2-15-10-5-4-9(12)7-8(10)3-6-11(13)14/h3-7H,2H2,1H3/b6-3+. The molecule has 1 rings (SSSR count). The molecule has 0 saturated heterocycles. The lowest BCUT2D eigenvalue weighted by atomic mass is 10.2. The number of allylic oxidation sites excluding steroid dienone is 1. The maximum Gasteiger partial charge on any atom is 0.245 e. The van der Waals surface area contributed by atoms with Gasteiger partial charge in [0.15, 0.2) is 0 Å². The van der Waals surface area contributed by atoms with Crippen molar-refractivity contribution in [2.24, 2.45) is 0 Å². The SMILES string of the molecule is CCOc1ccc(Br)cc1/C=C/C(=O)Cl. The molecule has 80 valence electrons. The number of rotatable bonds is 4.